The molecule has 1 fully saturated rings. The van der Waals surface area contributed by atoms with Crippen LogP contribution in [-0.4, -0.2) is 25.0 Å². The second kappa shape index (κ2) is 5.51. The molecular weight excluding hydrogens is 240 g/mol. The molecule has 1 N–H and O–H groups in total. The van der Waals surface area contributed by atoms with E-state index in [1.807, 2.05) is 19.1 Å². The molecule has 1 aliphatic rings. The summed E-state index contributed by atoms with van der Waals surface area (Å²) in [7, 11) is 0. The average Bonchev–Trinajstić information content (AvgIpc) is 2.80. The van der Waals surface area contributed by atoms with Crippen LogP contribution < -0.4 is 10.2 Å². The maximum atomic E-state index is 12.2. The number of hydrogen-bond donors (Lipinski definition) is 1. The summed E-state index contributed by atoms with van der Waals surface area (Å²) in [6, 6.07) is 8.71. The standard InChI is InChI=1S/C14H14N4O/c1-2-17-13-5-6-18(14(13)19)12-4-3-10(8-15)11(7-12)9-16/h3-4,7,13,17H,2,5-6H2,1H3. The third-order valence-corrected chi connectivity index (χ3v) is 3.21. The monoisotopic (exact) mass is 254 g/mol. The molecule has 1 amide bonds. The first-order valence-corrected chi connectivity index (χ1v) is 6.20. The molecule has 96 valence electrons. The van der Waals surface area contributed by atoms with Gasteiger partial charge in [-0.25, -0.2) is 0 Å². The van der Waals surface area contributed by atoms with E-state index >= 15 is 0 Å². The lowest BCUT2D eigenvalue weighted by Crippen LogP contribution is -2.38. The maximum Gasteiger partial charge on any atom is 0.244 e. The van der Waals surface area contributed by atoms with Crippen LogP contribution in [0.3, 0.4) is 0 Å². The van der Waals surface area contributed by atoms with Crippen LogP contribution in [0.15, 0.2) is 18.2 Å². The molecule has 5 heteroatoms. The zero-order valence-corrected chi connectivity index (χ0v) is 10.7. The van der Waals surface area contributed by atoms with E-state index in [1.165, 1.54) is 0 Å². The van der Waals surface area contributed by atoms with Crippen molar-refractivity contribution in [2.45, 2.75) is 19.4 Å². The molecule has 1 heterocycles. The number of nitrogens with zero attached hydrogens (tertiary/aromatic N) is 3. The zero-order chi connectivity index (χ0) is 13.8. The average molecular weight is 254 g/mol. The molecule has 0 spiro atoms. The summed E-state index contributed by atoms with van der Waals surface area (Å²) in [6.07, 6.45) is 0.758. The minimum Gasteiger partial charge on any atom is -0.311 e. The molecule has 1 aliphatic heterocycles. The minimum absolute atomic E-state index is 0.0236. The van der Waals surface area contributed by atoms with Crippen LogP contribution in [0, 0.1) is 22.7 Å². The highest BCUT2D eigenvalue weighted by molar-refractivity contribution is 5.99. The van der Waals surface area contributed by atoms with E-state index in [-0.39, 0.29) is 11.9 Å². The second-order valence-corrected chi connectivity index (χ2v) is 4.34. The summed E-state index contributed by atoms with van der Waals surface area (Å²) in [5.74, 6) is 0.0236. The molecule has 5 nitrogen and oxygen atoms in total. The lowest BCUT2D eigenvalue weighted by Gasteiger charge is -2.17. The fourth-order valence-electron chi connectivity index (χ4n) is 2.26. The van der Waals surface area contributed by atoms with E-state index in [9.17, 15) is 4.79 Å². The topological polar surface area (TPSA) is 79.9 Å². The van der Waals surface area contributed by atoms with Crippen molar-refractivity contribution in [2.75, 3.05) is 18.0 Å². The first-order valence-electron chi connectivity index (χ1n) is 6.20. The number of amides is 1. The van der Waals surface area contributed by atoms with Gasteiger partial charge in [-0.05, 0) is 31.2 Å². The number of carbonyl (C=O) groups is 1. The van der Waals surface area contributed by atoms with E-state index < -0.39 is 0 Å². The Kier molecular flexibility index (Phi) is 3.79. The van der Waals surface area contributed by atoms with Crippen LogP contribution in [0.2, 0.25) is 0 Å². The van der Waals surface area contributed by atoms with Gasteiger partial charge < -0.3 is 10.2 Å². The van der Waals surface area contributed by atoms with Crippen LogP contribution in [-0.2, 0) is 4.79 Å². The minimum atomic E-state index is -0.147. The molecule has 0 aliphatic carbocycles. The van der Waals surface area contributed by atoms with E-state index in [4.69, 9.17) is 10.5 Å². The van der Waals surface area contributed by atoms with Gasteiger partial charge in [-0.2, -0.15) is 10.5 Å². The Balaban J connectivity index is 2.27. The number of nitrogens with one attached hydrogen (secondary N) is 1. The molecule has 0 saturated carbocycles. The van der Waals surface area contributed by atoms with E-state index in [2.05, 4.69) is 5.32 Å². The predicted octanol–water partition coefficient (Wildman–Crippen LogP) is 1.14. The molecular formula is C14H14N4O. The lowest BCUT2D eigenvalue weighted by atomic mass is 10.1. The Morgan fingerprint density at radius 1 is 1.37 bits per heavy atom. The number of carbonyl (C=O) groups excluding carboxylic acids is 1. The zero-order valence-electron chi connectivity index (χ0n) is 10.7. The number of nitriles is 2. The van der Waals surface area contributed by atoms with Gasteiger partial charge in [0.1, 0.15) is 12.1 Å². The Bertz CT molecular complexity index is 582. The first-order chi connectivity index (χ1) is 9.21. The Labute approximate surface area is 112 Å². The second-order valence-electron chi connectivity index (χ2n) is 4.34. The van der Waals surface area contributed by atoms with Gasteiger partial charge >= 0.3 is 0 Å². The number of anilines is 1. The molecule has 1 aromatic carbocycles. The van der Waals surface area contributed by atoms with Gasteiger partial charge in [-0.3, -0.25) is 4.79 Å². The van der Waals surface area contributed by atoms with Gasteiger partial charge in [0.05, 0.1) is 17.2 Å². The normalized spacial score (nSPS) is 18.2. The maximum absolute atomic E-state index is 12.2. The van der Waals surface area contributed by atoms with Crippen molar-refractivity contribution in [1.82, 2.24) is 5.32 Å². The fourth-order valence-corrected chi connectivity index (χ4v) is 2.26. The molecule has 0 bridgehead atoms. The van der Waals surface area contributed by atoms with Crippen molar-refractivity contribution in [3.63, 3.8) is 0 Å². The largest absolute Gasteiger partial charge is 0.311 e. The van der Waals surface area contributed by atoms with Gasteiger partial charge in [0.2, 0.25) is 5.91 Å². The number of benzene rings is 1. The van der Waals surface area contributed by atoms with E-state index in [0.717, 1.165) is 13.0 Å². The van der Waals surface area contributed by atoms with Crippen molar-refractivity contribution in [3.05, 3.63) is 29.3 Å². The number of hydrogen-bond acceptors (Lipinski definition) is 4. The van der Waals surface area contributed by atoms with E-state index in [0.29, 0.717) is 23.4 Å². The Hall–Kier alpha value is -2.37. The quantitative estimate of drug-likeness (QED) is 0.877. The summed E-state index contributed by atoms with van der Waals surface area (Å²) in [4.78, 5) is 13.8. The van der Waals surface area contributed by atoms with Crippen molar-refractivity contribution in [3.8, 4) is 12.1 Å². The van der Waals surface area contributed by atoms with E-state index in [1.54, 1.807) is 23.1 Å². The highest BCUT2D eigenvalue weighted by Crippen LogP contribution is 2.24. The lowest BCUT2D eigenvalue weighted by molar-refractivity contribution is -0.118. The predicted molar refractivity (Wildman–Crippen MR) is 70.3 cm³/mol. The summed E-state index contributed by atoms with van der Waals surface area (Å²) in [6.45, 7) is 3.35. The SMILES string of the molecule is CCNC1CCN(c2ccc(C#N)c(C#N)c2)C1=O. The van der Waals surface area contributed by atoms with Gasteiger partial charge in [-0.1, -0.05) is 6.92 Å². The van der Waals surface area contributed by atoms with Gasteiger partial charge in [0.15, 0.2) is 0 Å². The Morgan fingerprint density at radius 2 is 2.11 bits per heavy atom. The summed E-state index contributed by atoms with van der Waals surface area (Å²) in [5, 5.41) is 21.0. The van der Waals surface area contributed by atoms with Crippen molar-refractivity contribution in [2.24, 2.45) is 0 Å². The third kappa shape index (κ3) is 2.42. The summed E-state index contributed by atoms with van der Waals surface area (Å²) >= 11 is 0. The highest BCUT2D eigenvalue weighted by Gasteiger charge is 2.31. The molecule has 1 atom stereocenters. The highest BCUT2D eigenvalue weighted by atomic mass is 16.2. The molecule has 0 radical (unpaired) electrons. The summed E-state index contributed by atoms with van der Waals surface area (Å²) in [5.41, 5.74) is 1.32. The molecule has 2 rings (SSSR count). The number of rotatable bonds is 3. The van der Waals surface area contributed by atoms with Gasteiger partial charge in [0, 0.05) is 12.2 Å². The van der Waals surface area contributed by atoms with Crippen LogP contribution >= 0.6 is 0 Å². The molecule has 1 saturated heterocycles. The molecule has 1 aromatic rings. The van der Waals surface area contributed by atoms with Crippen molar-refractivity contribution < 1.29 is 4.79 Å². The van der Waals surface area contributed by atoms with Gasteiger partial charge in [0.25, 0.3) is 0 Å². The first kappa shape index (κ1) is 13.1. The van der Waals surface area contributed by atoms with Crippen LogP contribution in [0.25, 0.3) is 0 Å². The number of likely N-dealkylation sites (N-methyl/N-ethyl adjacent to an activating group) is 1. The van der Waals surface area contributed by atoms with Crippen LogP contribution in [0.1, 0.15) is 24.5 Å². The van der Waals surface area contributed by atoms with Crippen LogP contribution in [0.4, 0.5) is 5.69 Å². The third-order valence-electron chi connectivity index (χ3n) is 3.21. The fraction of sp³-hybridized carbons (Fsp3) is 0.357. The smallest absolute Gasteiger partial charge is 0.244 e. The Morgan fingerprint density at radius 3 is 2.74 bits per heavy atom. The molecule has 1 unspecified atom stereocenters. The van der Waals surface area contributed by atoms with Crippen molar-refractivity contribution in [1.29, 1.82) is 10.5 Å². The van der Waals surface area contributed by atoms with Crippen molar-refractivity contribution >= 4 is 11.6 Å². The molecule has 19 heavy (non-hydrogen) atoms. The summed E-state index contributed by atoms with van der Waals surface area (Å²) < 4.78 is 0. The molecule has 0 aromatic heterocycles. The van der Waals surface area contributed by atoms with Crippen LogP contribution in [0.5, 0.6) is 0 Å². The van der Waals surface area contributed by atoms with Gasteiger partial charge in [-0.15, -0.1) is 0 Å².